The number of rotatable bonds is 10. The lowest BCUT2D eigenvalue weighted by Crippen LogP contribution is -2.56. The SMILES string of the molecule is COc1ccc(C2CCC(C(=O)O)CC2)cc1-c1ccc(N2CC(F)(F)C2)nc1CN(C(C)=O)C(C)C(O)c1cc(F)cc(C(F)(F)F)c1. The van der Waals surface area contributed by atoms with E-state index >= 15 is 0 Å². The Labute approximate surface area is 279 Å². The molecule has 3 aromatic rings. The van der Waals surface area contributed by atoms with Crippen LogP contribution in [0, 0.1) is 11.7 Å². The number of amides is 1. The zero-order valence-electron chi connectivity index (χ0n) is 27.1. The molecule has 8 nitrogen and oxygen atoms in total. The molecule has 2 atom stereocenters. The average molecular weight is 694 g/mol. The van der Waals surface area contributed by atoms with Crippen molar-refractivity contribution >= 4 is 17.7 Å². The van der Waals surface area contributed by atoms with Crippen molar-refractivity contribution in [2.75, 3.05) is 25.1 Å². The monoisotopic (exact) mass is 693 g/mol. The molecule has 2 unspecified atom stereocenters. The summed E-state index contributed by atoms with van der Waals surface area (Å²) in [5.41, 5.74) is 0.530. The van der Waals surface area contributed by atoms with E-state index in [1.165, 1.54) is 30.8 Å². The standard InChI is InChI=1S/C35H37F6N3O5/c1-19(32(46)24-12-25(35(39,40)41)15-26(36)13-24)44(20(2)45)16-29-27(9-11-31(42-29)43-17-34(37,38)18-43)28-14-23(8-10-30(28)49-3)21-4-6-22(7-5-21)33(47)48/h8-15,19,21-22,32,46H,4-7,16-18H2,1-3H3,(H,47,48). The van der Waals surface area contributed by atoms with Crippen molar-refractivity contribution in [2.24, 2.45) is 5.92 Å². The first-order valence-corrected chi connectivity index (χ1v) is 15.8. The van der Waals surface area contributed by atoms with Crippen LogP contribution in [-0.2, 0) is 22.3 Å². The fourth-order valence-electron chi connectivity index (χ4n) is 6.67. The maximum atomic E-state index is 14.2. The molecule has 14 heteroatoms. The number of ether oxygens (including phenoxy) is 1. The van der Waals surface area contributed by atoms with Crippen molar-refractivity contribution < 1.29 is 50.9 Å². The summed E-state index contributed by atoms with van der Waals surface area (Å²) >= 11 is 0. The van der Waals surface area contributed by atoms with Crippen LogP contribution in [0.5, 0.6) is 5.75 Å². The van der Waals surface area contributed by atoms with E-state index in [9.17, 15) is 46.1 Å². The summed E-state index contributed by atoms with van der Waals surface area (Å²) in [6.45, 7) is 1.18. The molecule has 2 aromatic carbocycles. The van der Waals surface area contributed by atoms with Gasteiger partial charge in [0.1, 0.15) is 17.4 Å². The molecule has 0 bridgehead atoms. The fourth-order valence-corrected chi connectivity index (χ4v) is 6.67. The highest BCUT2D eigenvalue weighted by Gasteiger charge is 2.44. The van der Waals surface area contributed by atoms with Crippen LogP contribution in [0.1, 0.15) is 73.9 Å². The summed E-state index contributed by atoms with van der Waals surface area (Å²) in [6.07, 6.45) is -4.27. The smallest absolute Gasteiger partial charge is 0.416 e. The predicted octanol–water partition coefficient (Wildman–Crippen LogP) is 7.20. The Morgan fingerprint density at radius 3 is 2.29 bits per heavy atom. The molecule has 2 fully saturated rings. The minimum atomic E-state index is -4.88. The predicted molar refractivity (Wildman–Crippen MR) is 168 cm³/mol. The number of carboxylic acid groups (broad SMARTS) is 1. The number of pyridine rings is 1. The zero-order chi connectivity index (χ0) is 35.8. The van der Waals surface area contributed by atoms with Gasteiger partial charge in [0.2, 0.25) is 5.91 Å². The van der Waals surface area contributed by atoms with Gasteiger partial charge in [0.15, 0.2) is 0 Å². The van der Waals surface area contributed by atoms with E-state index in [-0.39, 0.29) is 29.5 Å². The fraction of sp³-hybridized carbons (Fsp3) is 0.457. The van der Waals surface area contributed by atoms with Crippen molar-refractivity contribution in [3.63, 3.8) is 0 Å². The number of nitrogens with zero attached hydrogens (tertiary/aromatic N) is 3. The first-order chi connectivity index (χ1) is 23.0. The third-order valence-corrected chi connectivity index (χ3v) is 9.45. The highest BCUT2D eigenvalue weighted by Crippen LogP contribution is 2.42. The Morgan fingerprint density at radius 2 is 1.71 bits per heavy atom. The highest BCUT2D eigenvalue weighted by atomic mass is 19.4. The minimum Gasteiger partial charge on any atom is -0.496 e. The number of aliphatic carboxylic acids is 1. The van der Waals surface area contributed by atoms with Gasteiger partial charge in [0.25, 0.3) is 5.92 Å². The van der Waals surface area contributed by atoms with Crippen LogP contribution in [0.15, 0.2) is 48.5 Å². The maximum absolute atomic E-state index is 14.2. The number of carbonyl (C=O) groups excluding carboxylic acids is 1. The molecule has 2 heterocycles. The number of anilines is 1. The second kappa shape index (κ2) is 13.9. The largest absolute Gasteiger partial charge is 0.496 e. The van der Waals surface area contributed by atoms with Crippen molar-refractivity contribution in [3.05, 3.63) is 76.7 Å². The lowest BCUT2D eigenvalue weighted by Gasteiger charge is -2.40. The lowest BCUT2D eigenvalue weighted by atomic mass is 9.78. The van der Waals surface area contributed by atoms with Gasteiger partial charge in [-0.2, -0.15) is 13.2 Å². The van der Waals surface area contributed by atoms with Gasteiger partial charge in [-0.1, -0.05) is 6.07 Å². The normalized spacial score (nSPS) is 20.2. The molecule has 1 aliphatic carbocycles. The zero-order valence-corrected chi connectivity index (χ0v) is 27.1. The second-order valence-electron chi connectivity index (χ2n) is 12.8. The number of hydrogen-bond donors (Lipinski definition) is 2. The molecule has 2 aliphatic rings. The van der Waals surface area contributed by atoms with Gasteiger partial charge in [0.05, 0.1) is 56.1 Å². The number of aromatic nitrogens is 1. The summed E-state index contributed by atoms with van der Waals surface area (Å²) in [5.74, 6) is -5.20. The lowest BCUT2D eigenvalue weighted by molar-refractivity contribution is -0.143. The Bertz CT molecular complexity index is 1700. The molecule has 0 spiro atoms. The van der Waals surface area contributed by atoms with Gasteiger partial charge < -0.3 is 24.7 Å². The molecule has 1 aliphatic heterocycles. The van der Waals surface area contributed by atoms with Crippen LogP contribution in [0.3, 0.4) is 0 Å². The van der Waals surface area contributed by atoms with E-state index in [2.05, 4.69) is 4.98 Å². The van der Waals surface area contributed by atoms with Crippen LogP contribution in [0.4, 0.5) is 32.2 Å². The van der Waals surface area contributed by atoms with Gasteiger partial charge in [-0.05, 0) is 92.1 Å². The van der Waals surface area contributed by atoms with E-state index in [1.807, 2.05) is 12.1 Å². The Morgan fingerprint density at radius 1 is 1.04 bits per heavy atom. The highest BCUT2D eigenvalue weighted by molar-refractivity contribution is 5.77. The van der Waals surface area contributed by atoms with Crippen molar-refractivity contribution in [2.45, 2.75) is 76.2 Å². The van der Waals surface area contributed by atoms with Gasteiger partial charge in [0, 0.05) is 18.1 Å². The minimum absolute atomic E-state index is 0.0657. The van der Waals surface area contributed by atoms with Crippen molar-refractivity contribution in [3.8, 4) is 16.9 Å². The number of carboxylic acids is 1. The Hall–Kier alpha value is -4.33. The van der Waals surface area contributed by atoms with E-state index in [1.54, 1.807) is 18.2 Å². The third-order valence-electron chi connectivity index (χ3n) is 9.45. The quantitative estimate of drug-likeness (QED) is 0.217. The molecule has 1 amide bonds. The first-order valence-electron chi connectivity index (χ1n) is 15.8. The second-order valence-corrected chi connectivity index (χ2v) is 12.8. The van der Waals surface area contributed by atoms with Gasteiger partial charge in [-0.3, -0.25) is 9.59 Å². The van der Waals surface area contributed by atoms with E-state index < -0.39 is 66.5 Å². The Balaban J connectivity index is 1.53. The molecule has 49 heavy (non-hydrogen) atoms. The number of benzene rings is 2. The van der Waals surface area contributed by atoms with Crippen LogP contribution in [-0.4, -0.2) is 64.1 Å². The van der Waals surface area contributed by atoms with Crippen LogP contribution in [0.2, 0.25) is 0 Å². The summed E-state index contributed by atoms with van der Waals surface area (Å²) < 4.78 is 87.8. The molecule has 264 valence electrons. The maximum Gasteiger partial charge on any atom is 0.416 e. The summed E-state index contributed by atoms with van der Waals surface area (Å²) in [7, 11) is 1.47. The van der Waals surface area contributed by atoms with Gasteiger partial charge in [-0.25, -0.2) is 18.2 Å². The molecular formula is C35H37F6N3O5. The van der Waals surface area contributed by atoms with E-state index in [0.717, 1.165) is 11.6 Å². The number of alkyl halides is 5. The van der Waals surface area contributed by atoms with E-state index in [4.69, 9.17) is 4.74 Å². The molecule has 0 radical (unpaired) electrons. The molecule has 2 N–H and O–H groups in total. The number of methoxy groups -OCH3 is 1. The van der Waals surface area contributed by atoms with Gasteiger partial charge in [-0.15, -0.1) is 0 Å². The van der Waals surface area contributed by atoms with Crippen LogP contribution < -0.4 is 9.64 Å². The van der Waals surface area contributed by atoms with Crippen LogP contribution in [0.25, 0.3) is 11.1 Å². The summed E-state index contributed by atoms with van der Waals surface area (Å²) in [5, 5.41) is 20.6. The van der Waals surface area contributed by atoms with Crippen molar-refractivity contribution in [1.29, 1.82) is 0 Å². The number of aliphatic hydroxyl groups is 1. The first kappa shape index (κ1) is 36.0. The van der Waals surface area contributed by atoms with Crippen molar-refractivity contribution in [1.82, 2.24) is 9.88 Å². The van der Waals surface area contributed by atoms with E-state index in [0.29, 0.717) is 54.7 Å². The number of hydrogen-bond acceptors (Lipinski definition) is 6. The number of carbonyl (C=O) groups is 2. The average Bonchev–Trinajstić information content (AvgIpc) is 3.04. The molecular weight excluding hydrogens is 656 g/mol. The number of aliphatic hydroxyl groups excluding tert-OH is 1. The van der Waals surface area contributed by atoms with Crippen LogP contribution >= 0.6 is 0 Å². The molecule has 1 saturated heterocycles. The molecule has 1 saturated carbocycles. The number of halogens is 6. The molecule has 1 aromatic heterocycles. The summed E-state index contributed by atoms with van der Waals surface area (Å²) in [6, 6.07) is 9.31. The molecule has 5 rings (SSSR count). The topological polar surface area (TPSA) is 103 Å². The Kier molecular flexibility index (Phi) is 10.2. The van der Waals surface area contributed by atoms with Gasteiger partial charge >= 0.3 is 12.1 Å². The third kappa shape index (κ3) is 7.95. The summed E-state index contributed by atoms with van der Waals surface area (Å²) in [4.78, 5) is 31.8.